The zero-order chi connectivity index (χ0) is 18.2. The highest BCUT2D eigenvalue weighted by molar-refractivity contribution is 7.08. The molecule has 0 bridgehead atoms. The second-order valence-corrected chi connectivity index (χ2v) is 6.49. The summed E-state index contributed by atoms with van der Waals surface area (Å²) in [5.74, 6) is -0.283. The average molecular weight is 365 g/mol. The highest BCUT2D eigenvalue weighted by Gasteiger charge is 2.16. The molecule has 5 nitrogen and oxygen atoms in total. The van der Waals surface area contributed by atoms with Crippen molar-refractivity contribution in [1.82, 2.24) is 15.6 Å². The van der Waals surface area contributed by atoms with Crippen molar-refractivity contribution >= 4 is 23.2 Å². The fraction of sp³-hybridized carbons (Fsp3) is 0.150. The van der Waals surface area contributed by atoms with Crippen LogP contribution in [0, 0.1) is 0 Å². The Morgan fingerprint density at radius 2 is 1.73 bits per heavy atom. The first kappa shape index (κ1) is 17.8. The molecule has 26 heavy (non-hydrogen) atoms. The second-order valence-electron chi connectivity index (χ2n) is 5.71. The van der Waals surface area contributed by atoms with Crippen LogP contribution in [0.1, 0.15) is 33.9 Å². The smallest absolute Gasteiger partial charge is 0.252 e. The van der Waals surface area contributed by atoms with Crippen LogP contribution in [-0.4, -0.2) is 23.3 Å². The van der Waals surface area contributed by atoms with Crippen molar-refractivity contribution in [3.63, 3.8) is 0 Å². The maximum absolute atomic E-state index is 12.4. The molecule has 0 radical (unpaired) electrons. The van der Waals surface area contributed by atoms with Gasteiger partial charge in [-0.05, 0) is 34.7 Å². The molecule has 2 aromatic heterocycles. The van der Waals surface area contributed by atoms with E-state index >= 15 is 0 Å². The summed E-state index contributed by atoms with van der Waals surface area (Å²) in [5, 5.41) is 9.44. The summed E-state index contributed by atoms with van der Waals surface area (Å²) in [6, 6.07) is 15.1. The highest BCUT2D eigenvalue weighted by atomic mass is 32.1. The fourth-order valence-corrected chi connectivity index (χ4v) is 3.21. The van der Waals surface area contributed by atoms with E-state index in [0.29, 0.717) is 12.1 Å². The summed E-state index contributed by atoms with van der Waals surface area (Å²) in [6.45, 7) is 0.290. The van der Waals surface area contributed by atoms with Gasteiger partial charge in [0.05, 0.1) is 6.04 Å². The van der Waals surface area contributed by atoms with Gasteiger partial charge >= 0.3 is 0 Å². The molecule has 3 rings (SSSR count). The van der Waals surface area contributed by atoms with Crippen molar-refractivity contribution in [3.8, 4) is 0 Å². The molecule has 0 spiro atoms. The maximum atomic E-state index is 12.4. The van der Waals surface area contributed by atoms with Crippen LogP contribution in [-0.2, 0) is 4.79 Å². The Morgan fingerprint density at radius 1 is 1.00 bits per heavy atom. The SMILES string of the molecule is O=C(CCNC(=O)c1ccsc1)NC(c1ccccc1)c1ccncc1. The fourth-order valence-electron chi connectivity index (χ4n) is 2.58. The van der Waals surface area contributed by atoms with E-state index in [1.165, 1.54) is 11.3 Å². The number of aromatic nitrogens is 1. The third-order valence-electron chi connectivity index (χ3n) is 3.90. The number of benzene rings is 1. The predicted octanol–water partition coefficient (Wildman–Crippen LogP) is 3.17. The second kappa shape index (κ2) is 8.92. The van der Waals surface area contributed by atoms with E-state index < -0.39 is 0 Å². The van der Waals surface area contributed by atoms with Gasteiger partial charge in [-0.1, -0.05) is 30.3 Å². The Hall–Kier alpha value is -2.99. The summed E-state index contributed by atoms with van der Waals surface area (Å²) < 4.78 is 0. The van der Waals surface area contributed by atoms with E-state index in [9.17, 15) is 9.59 Å². The number of thiophene rings is 1. The van der Waals surface area contributed by atoms with Crippen LogP contribution in [0.25, 0.3) is 0 Å². The van der Waals surface area contributed by atoms with Crippen molar-refractivity contribution in [2.24, 2.45) is 0 Å². The highest BCUT2D eigenvalue weighted by Crippen LogP contribution is 2.21. The van der Waals surface area contributed by atoms with Gasteiger partial charge in [0.15, 0.2) is 0 Å². The Balaban J connectivity index is 1.60. The van der Waals surface area contributed by atoms with Crippen molar-refractivity contribution in [1.29, 1.82) is 0 Å². The summed E-state index contributed by atoms with van der Waals surface area (Å²) in [4.78, 5) is 28.3. The normalized spacial score (nSPS) is 11.5. The first-order valence-electron chi connectivity index (χ1n) is 8.28. The standard InChI is InChI=1S/C20H19N3O2S/c24-18(8-12-22-20(25)17-9-13-26-14-17)23-19(15-4-2-1-3-5-15)16-6-10-21-11-7-16/h1-7,9-11,13-14,19H,8,12H2,(H,22,25)(H,23,24). The van der Waals surface area contributed by atoms with Crippen molar-refractivity contribution < 1.29 is 9.59 Å². The molecular weight excluding hydrogens is 346 g/mol. The van der Waals surface area contributed by atoms with Gasteiger partial charge < -0.3 is 10.6 Å². The summed E-state index contributed by atoms with van der Waals surface area (Å²) in [7, 11) is 0. The maximum Gasteiger partial charge on any atom is 0.252 e. The third-order valence-corrected chi connectivity index (χ3v) is 4.58. The van der Waals surface area contributed by atoms with Gasteiger partial charge in [0.2, 0.25) is 5.91 Å². The van der Waals surface area contributed by atoms with E-state index in [0.717, 1.165) is 11.1 Å². The lowest BCUT2D eigenvalue weighted by atomic mass is 9.99. The molecule has 0 aliphatic heterocycles. The van der Waals surface area contributed by atoms with Crippen LogP contribution in [0.15, 0.2) is 71.7 Å². The molecule has 1 atom stereocenters. The van der Waals surface area contributed by atoms with Gasteiger partial charge in [-0.25, -0.2) is 0 Å². The monoisotopic (exact) mass is 365 g/mol. The van der Waals surface area contributed by atoms with Gasteiger partial charge in [-0.2, -0.15) is 11.3 Å². The number of amides is 2. The minimum Gasteiger partial charge on any atom is -0.351 e. The lowest BCUT2D eigenvalue weighted by Crippen LogP contribution is -2.33. The van der Waals surface area contributed by atoms with Crippen LogP contribution >= 0.6 is 11.3 Å². The number of nitrogens with one attached hydrogen (secondary N) is 2. The van der Waals surface area contributed by atoms with Crippen LogP contribution in [0.2, 0.25) is 0 Å². The van der Waals surface area contributed by atoms with Crippen molar-refractivity contribution in [2.75, 3.05) is 6.54 Å². The molecule has 0 aliphatic rings. The molecule has 0 fully saturated rings. The quantitative estimate of drug-likeness (QED) is 0.676. The van der Waals surface area contributed by atoms with Crippen molar-refractivity contribution in [3.05, 3.63) is 88.4 Å². The Morgan fingerprint density at radius 3 is 2.42 bits per heavy atom. The largest absolute Gasteiger partial charge is 0.351 e. The Labute approximate surface area is 156 Å². The number of hydrogen-bond donors (Lipinski definition) is 2. The topological polar surface area (TPSA) is 71.1 Å². The molecule has 2 N–H and O–H groups in total. The molecule has 0 saturated heterocycles. The minimum absolute atomic E-state index is 0.124. The Bertz CT molecular complexity index is 797. The first-order chi connectivity index (χ1) is 12.7. The van der Waals surface area contributed by atoms with Gasteiger partial charge in [-0.3, -0.25) is 14.6 Å². The van der Waals surface area contributed by atoms with Gasteiger partial charge in [0, 0.05) is 36.3 Å². The van der Waals surface area contributed by atoms with Crippen LogP contribution in [0.3, 0.4) is 0 Å². The number of carbonyl (C=O) groups excluding carboxylic acids is 2. The Kier molecular flexibility index (Phi) is 6.11. The molecule has 0 aliphatic carbocycles. The molecule has 2 amide bonds. The minimum atomic E-state index is -0.251. The molecule has 1 aromatic carbocycles. The van der Waals surface area contributed by atoms with E-state index in [1.807, 2.05) is 47.8 Å². The van der Waals surface area contributed by atoms with E-state index in [4.69, 9.17) is 0 Å². The van der Waals surface area contributed by atoms with Gasteiger partial charge in [0.1, 0.15) is 0 Å². The summed E-state index contributed by atoms with van der Waals surface area (Å²) >= 11 is 1.47. The van der Waals surface area contributed by atoms with Crippen LogP contribution in [0.4, 0.5) is 0 Å². The molecule has 0 saturated carbocycles. The molecule has 132 valence electrons. The molecule has 1 unspecified atom stereocenters. The number of carbonyl (C=O) groups is 2. The summed E-state index contributed by atoms with van der Waals surface area (Å²) in [5.41, 5.74) is 2.57. The van der Waals surface area contributed by atoms with Crippen molar-refractivity contribution in [2.45, 2.75) is 12.5 Å². The zero-order valence-electron chi connectivity index (χ0n) is 14.1. The van der Waals surface area contributed by atoms with E-state index in [1.54, 1.807) is 23.8 Å². The third kappa shape index (κ3) is 4.77. The molecular formula is C20H19N3O2S. The number of rotatable bonds is 7. The predicted molar refractivity (Wildman–Crippen MR) is 102 cm³/mol. The number of nitrogens with zero attached hydrogens (tertiary/aromatic N) is 1. The van der Waals surface area contributed by atoms with E-state index in [-0.39, 0.29) is 24.3 Å². The molecule has 2 heterocycles. The molecule has 3 aromatic rings. The summed E-state index contributed by atoms with van der Waals surface area (Å²) in [6.07, 6.45) is 3.63. The van der Waals surface area contributed by atoms with Crippen LogP contribution < -0.4 is 10.6 Å². The lowest BCUT2D eigenvalue weighted by Gasteiger charge is -2.19. The van der Waals surface area contributed by atoms with Gasteiger partial charge in [-0.15, -0.1) is 0 Å². The first-order valence-corrected chi connectivity index (χ1v) is 9.23. The van der Waals surface area contributed by atoms with E-state index in [2.05, 4.69) is 15.6 Å². The number of pyridine rings is 1. The number of hydrogen-bond acceptors (Lipinski definition) is 4. The van der Waals surface area contributed by atoms with Gasteiger partial charge in [0.25, 0.3) is 5.91 Å². The van der Waals surface area contributed by atoms with Crippen LogP contribution in [0.5, 0.6) is 0 Å². The zero-order valence-corrected chi connectivity index (χ0v) is 14.9. The molecule has 6 heteroatoms. The lowest BCUT2D eigenvalue weighted by molar-refractivity contribution is -0.121. The average Bonchev–Trinajstić information content (AvgIpc) is 3.22.